The van der Waals surface area contributed by atoms with Crippen LogP contribution in [0, 0.1) is 25.7 Å². The molecule has 2 saturated heterocycles. The number of aromatic nitrogens is 1. The summed E-state index contributed by atoms with van der Waals surface area (Å²) in [6, 6.07) is 0. The molecule has 7 nitrogen and oxygen atoms in total. The summed E-state index contributed by atoms with van der Waals surface area (Å²) in [6.07, 6.45) is 3.87. The third-order valence-electron chi connectivity index (χ3n) is 6.47. The number of hydrogen-bond acceptors (Lipinski definition) is 4. The lowest BCUT2D eigenvalue weighted by atomic mass is 9.84. The molecule has 3 heterocycles. The molecule has 2 aliphatic heterocycles. The first-order chi connectivity index (χ1) is 13.8. The van der Waals surface area contributed by atoms with Crippen LogP contribution >= 0.6 is 0 Å². The topological polar surface area (TPSA) is 82.7 Å². The van der Waals surface area contributed by atoms with Gasteiger partial charge in [0, 0.05) is 37.8 Å². The van der Waals surface area contributed by atoms with Crippen LogP contribution in [0.25, 0.3) is 0 Å². The normalized spacial score (nSPS) is 18.8. The number of H-pyrrole nitrogens is 1. The van der Waals surface area contributed by atoms with Gasteiger partial charge in [0.25, 0.3) is 5.91 Å². The second-order valence-electron chi connectivity index (χ2n) is 8.30. The van der Waals surface area contributed by atoms with Crippen LogP contribution in [0.15, 0.2) is 0 Å². The van der Waals surface area contributed by atoms with Gasteiger partial charge in [-0.15, -0.1) is 0 Å². The lowest BCUT2D eigenvalue weighted by Crippen LogP contribution is -2.43. The smallest absolute Gasteiger partial charge is 0.340 e. The maximum Gasteiger partial charge on any atom is 0.340 e. The van der Waals surface area contributed by atoms with Crippen molar-refractivity contribution < 1.29 is 19.1 Å². The molecular weight excluding hydrogens is 370 g/mol. The Hall–Kier alpha value is -2.31. The maximum atomic E-state index is 13.1. The van der Waals surface area contributed by atoms with Gasteiger partial charge in [0.1, 0.15) is 5.69 Å². The van der Waals surface area contributed by atoms with Crippen LogP contribution in [0.3, 0.4) is 0 Å². The summed E-state index contributed by atoms with van der Waals surface area (Å²) < 4.78 is 5.11. The number of nitrogens with zero attached hydrogens (tertiary/aromatic N) is 2. The van der Waals surface area contributed by atoms with E-state index in [2.05, 4.69) is 4.98 Å². The number of carbonyl (C=O) groups is 3. The van der Waals surface area contributed by atoms with Crippen molar-refractivity contribution in [2.45, 2.75) is 53.4 Å². The van der Waals surface area contributed by atoms with E-state index in [0.717, 1.165) is 38.8 Å². The molecule has 0 spiro atoms. The minimum absolute atomic E-state index is 0.00948. The molecule has 160 valence electrons. The number of piperidine rings is 1. The van der Waals surface area contributed by atoms with E-state index in [1.807, 2.05) is 16.7 Å². The zero-order chi connectivity index (χ0) is 21.1. The van der Waals surface area contributed by atoms with Crippen LogP contribution in [0.2, 0.25) is 0 Å². The van der Waals surface area contributed by atoms with Crippen LogP contribution in [0.1, 0.15) is 71.6 Å². The van der Waals surface area contributed by atoms with Gasteiger partial charge in [-0.3, -0.25) is 9.59 Å². The van der Waals surface area contributed by atoms with Crippen molar-refractivity contribution in [3.63, 3.8) is 0 Å². The summed E-state index contributed by atoms with van der Waals surface area (Å²) in [5.74, 6) is 0.107. The fourth-order valence-electron chi connectivity index (χ4n) is 4.66. The molecule has 2 amide bonds. The number of likely N-dealkylation sites (tertiary alicyclic amines) is 2. The quantitative estimate of drug-likeness (QED) is 0.767. The van der Waals surface area contributed by atoms with Crippen LogP contribution in [0.5, 0.6) is 0 Å². The van der Waals surface area contributed by atoms with Crippen LogP contribution in [0.4, 0.5) is 0 Å². The fraction of sp³-hybridized carbons (Fsp3) is 0.682. The van der Waals surface area contributed by atoms with Crippen molar-refractivity contribution in [3.05, 3.63) is 22.5 Å². The minimum Gasteiger partial charge on any atom is -0.462 e. The van der Waals surface area contributed by atoms with Gasteiger partial charge in [0.2, 0.25) is 5.91 Å². The molecule has 7 heteroatoms. The molecule has 0 aromatic carbocycles. The van der Waals surface area contributed by atoms with Gasteiger partial charge < -0.3 is 19.5 Å². The van der Waals surface area contributed by atoms with Crippen molar-refractivity contribution in [2.24, 2.45) is 11.8 Å². The monoisotopic (exact) mass is 403 g/mol. The van der Waals surface area contributed by atoms with Crippen molar-refractivity contribution in [1.82, 2.24) is 14.8 Å². The first-order valence-corrected chi connectivity index (χ1v) is 10.8. The van der Waals surface area contributed by atoms with E-state index in [4.69, 9.17) is 4.74 Å². The summed E-state index contributed by atoms with van der Waals surface area (Å²) in [5.41, 5.74) is 2.22. The van der Waals surface area contributed by atoms with E-state index in [1.165, 1.54) is 0 Å². The molecule has 3 rings (SSSR count). The molecule has 2 fully saturated rings. The Morgan fingerprint density at radius 2 is 1.69 bits per heavy atom. The number of aryl methyl sites for hydroxylation is 1. The average Bonchev–Trinajstić information content (AvgIpc) is 3.35. The summed E-state index contributed by atoms with van der Waals surface area (Å²) in [5, 5.41) is 0. The highest BCUT2D eigenvalue weighted by atomic mass is 16.5. The lowest BCUT2D eigenvalue weighted by molar-refractivity contribution is -0.136. The Morgan fingerprint density at radius 1 is 1.07 bits per heavy atom. The zero-order valence-electron chi connectivity index (χ0n) is 18.0. The first kappa shape index (κ1) is 21.4. The summed E-state index contributed by atoms with van der Waals surface area (Å²) in [4.78, 5) is 44.8. The lowest BCUT2D eigenvalue weighted by Gasteiger charge is -2.35. The molecule has 0 saturated carbocycles. The van der Waals surface area contributed by atoms with Crippen molar-refractivity contribution in [1.29, 1.82) is 0 Å². The van der Waals surface area contributed by atoms with Crippen LogP contribution in [-0.2, 0) is 9.53 Å². The minimum atomic E-state index is -0.397. The van der Waals surface area contributed by atoms with E-state index < -0.39 is 5.97 Å². The predicted octanol–water partition coefficient (Wildman–Crippen LogP) is 2.92. The molecule has 0 bridgehead atoms. The van der Waals surface area contributed by atoms with Gasteiger partial charge >= 0.3 is 5.97 Å². The SMILES string of the molecule is CCOC(=O)c1c(C)[nH]c(C(=O)N2CCC(C(C)C(=O)N3CCCC3)CC2)c1C. The number of aromatic amines is 1. The molecule has 1 atom stereocenters. The molecule has 2 aliphatic rings. The molecule has 0 aliphatic carbocycles. The van der Waals surface area contributed by atoms with Crippen LogP contribution in [-0.4, -0.2) is 65.4 Å². The average molecular weight is 404 g/mol. The standard InChI is InChI=1S/C22H33N3O4/c1-5-29-22(28)18-15(3)19(23-16(18)4)21(27)25-12-8-17(9-13-25)14(2)20(26)24-10-6-7-11-24/h14,17,23H,5-13H2,1-4H3. The Bertz CT molecular complexity index is 771. The van der Waals surface area contributed by atoms with E-state index in [0.29, 0.717) is 48.1 Å². The highest BCUT2D eigenvalue weighted by molar-refractivity contribution is 6.00. The van der Waals surface area contributed by atoms with Crippen molar-refractivity contribution in [3.8, 4) is 0 Å². The van der Waals surface area contributed by atoms with E-state index in [9.17, 15) is 14.4 Å². The summed E-state index contributed by atoms with van der Waals surface area (Å²) in [7, 11) is 0. The first-order valence-electron chi connectivity index (χ1n) is 10.8. The van der Waals surface area contributed by atoms with E-state index >= 15 is 0 Å². The third-order valence-corrected chi connectivity index (χ3v) is 6.47. The highest BCUT2D eigenvalue weighted by Crippen LogP contribution is 2.29. The van der Waals surface area contributed by atoms with Gasteiger partial charge in [0.15, 0.2) is 0 Å². The van der Waals surface area contributed by atoms with Gasteiger partial charge in [-0.25, -0.2) is 4.79 Å². The largest absolute Gasteiger partial charge is 0.462 e. The maximum absolute atomic E-state index is 13.1. The molecule has 1 aromatic rings. The Labute approximate surface area is 172 Å². The number of carbonyl (C=O) groups excluding carboxylic acids is 3. The number of amides is 2. The van der Waals surface area contributed by atoms with Crippen molar-refractivity contribution in [2.75, 3.05) is 32.8 Å². The fourth-order valence-corrected chi connectivity index (χ4v) is 4.66. The molecule has 1 unspecified atom stereocenters. The number of ether oxygens (including phenoxy) is 1. The van der Waals surface area contributed by atoms with Gasteiger partial charge in [0.05, 0.1) is 12.2 Å². The van der Waals surface area contributed by atoms with Gasteiger partial charge in [-0.05, 0) is 57.9 Å². The Morgan fingerprint density at radius 3 is 2.28 bits per heavy atom. The van der Waals surface area contributed by atoms with E-state index in [1.54, 1.807) is 20.8 Å². The number of esters is 1. The number of hydrogen-bond donors (Lipinski definition) is 1. The number of nitrogens with one attached hydrogen (secondary N) is 1. The van der Waals surface area contributed by atoms with E-state index in [-0.39, 0.29) is 17.7 Å². The predicted molar refractivity (Wildman–Crippen MR) is 110 cm³/mol. The molecule has 1 N–H and O–H groups in total. The molecule has 1 aromatic heterocycles. The molecule has 0 radical (unpaired) electrons. The Kier molecular flexibility index (Phi) is 6.65. The highest BCUT2D eigenvalue weighted by Gasteiger charge is 2.34. The van der Waals surface area contributed by atoms with Gasteiger partial charge in [-0.1, -0.05) is 6.92 Å². The Balaban J connectivity index is 1.62. The summed E-state index contributed by atoms with van der Waals surface area (Å²) in [6.45, 7) is 10.7. The summed E-state index contributed by atoms with van der Waals surface area (Å²) >= 11 is 0. The van der Waals surface area contributed by atoms with Gasteiger partial charge in [-0.2, -0.15) is 0 Å². The molecular formula is C22H33N3O4. The zero-order valence-corrected chi connectivity index (χ0v) is 18.0. The van der Waals surface area contributed by atoms with Crippen LogP contribution < -0.4 is 0 Å². The second-order valence-corrected chi connectivity index (χ2v) is 8.30. The van der Waals surface area contributed by atoms with Crippen molar-refractivity contribution >= 4 is 17.8 Å². The third kappa shape index (κ3) is 4.33. The number of rotatable bonds is 5. The molecule has 29 heavy (non-hydrogen) atoms. The second kappa shape index (κ2) is 9.01.